The zero-order chi connectivity index (χ0) is 12.7. The lowest BCUT2D eigenvalue weighted by Gasteiger charge is -2.03. The van der Waals surface area contributed by atoms with E-state index in [4.69, 9.17) is 0 Å². The van der Waals surface area contributed by atoms with Crippen LogP contribution in [-0.2, 0) is 0 Å². The van der Waals surface area contributed by atoms with Crippen LogP contribution < -0.4 is 0 Å². The third-order valence-electron chi connectivity index (χ3n) is 3.11. The Morgan fingerprint density at radius 3 is 2.72 bits per heavy atom. The van der Waals surface area contributed by atoms with Crippen LogP contribution >= 0.6 is 33.9 Å². The fourth-order valence-electron chi connectivity index (χ4n) is 2.10. The van der Waals surface area contributed by atoms with Gasteiger partial charge in [-0.25, -0.2) is 0 Å². The van der Waals surface area contributed by atoms with Crippen LogP contribution in [-0.4, -0.2) is 4.57 Å². The first-order valence-electron chi connectivity index (χ1n) is 6.00. The van der Waals surface area contributed by atoms with Gasteiger partial charge in [-0.3, -0.25) is 0 Å². The quantitative estimate of drug-likeness (QED) is 0.533. The fourth-order valence-corrected chi connectivity index (χ4v) is 3.47. The van der Waals surface area contributed by atoms with Crippen molar-refractivity contribution in [3.63, 3.8) is 0 Å². The number of benzene rings is 1. The van der Waals surface area contributed by atoms with Crippen LogP contribution in [0.25, 0.3) is 16.6 Å². The minimum absolute atomic E-state index is 0.603. The Bertz CT molecular complexity index is 693. The van der Waals surface area contributed by atoms with Gasteiger partial charge in [0.05, 0.1) is 11.2 Å². The van der Waals surface area contributed by atoms with Gasteiger partial charge in [-0.1, -0.05) is 19.9 Å². The highest BCUT2D eigenvalue weighted by molar-refractivity contribution is 14.1. The van der Waals surface area contributed by atoms with Crippen molar-refractivity contribution in [1.29, 1.82) is 0 Å². The molecule has 2 heterocycles. The first-order chi connectivity index (χ1) is 8.65. The lowest BCUT2D eigenvalue weighted by Crippen LogP contribution is -1.89. The average molecular weight is 367 g/mol. The normalized spacial score (nSPS) is 11.6. The van der Waals surface area contributed by atoms with Crippen LogP contribution in [0.15, 0.2) is 41.9 Å². The van der Waals surface area contributed by atoms with Crippen LogP contribution in [0.3, 0.4) is 0 Å². The second kappa shape index (κ2) is 4.70. The van der Waals surface area contributed by atoms with Crippen LogP contribution in [0.5, 0.6) is 0 Å². The predicted molar refractivity (Wildman–Crippen MR) is 88.0 cm³/mol. The van der Waals surface area contributed by atoms with E-state index in [1.807, 2.05) is 11.3 Å². The Kier molecular flexibility index (Phi) is 3.20. The molecule has 0 atom stereocenters. The van der Waals surface area contributed by atoms with Crippen LogP contribution in [0, 0.1) is 3.57 Å². The fraction of sp³-hybridized carbons (Fsp3) is 0.200. The maximum Gasteiger partial charge on any atom is 0.0565 e. The molecule has 0 unspecified atom stereocenters. The van der Waals surface area contributed by atoms with Crippen LogP contribution in [0.1, 0.15) is 24.6 Å². The van der Waals surface area contributed by atoms with Gasteiger partial charge >= 0.3 is 0 Å². The van der Waals surface area contributed by atoms with Gasteiger partial charge < -0.3 is 4.57 Å². The van der Waals surface area contributed by atoms with Gasteiger partial charge in [-0.15, -0.1) is 11.3 Å². The first kappa shape index (κ1) is 12.2. The Hall–Kier alpha value is -0.810. The number of nitrogens with zero attached hydrogens (tertiary/aromatic N) is 1. The molecule has 0 amide bonds. The van der Waals surface area contributed by atoms with Gasteiger partial charge in [0, 0.05) is 25.4 Å². The summed E-state index contributed by atoms with van der Waals surface area (Å²) in [5, 5.41) is 3.54. The highest BCUT2D eigenvalue weighted by Crippen LogP contribution is 2.28. The number of thiophene rings is 1. The molecule has 0 bridgehead atoms. The van der Waals surface area contributed by atoms with Crippen molar-refractivity contribution in [3.05, 3.63) is 50.4 Å². The Labute approximate surface area is 125 Å². The SMILES string of the molecule is CC(C)c1cc(-n2ccc3ccc(I)cc32)cs1. The zero-order valence-corrected chi connectivity index (χ0v) is 13.3. The second-order valence-electron chi connectivity index (χ2n) is 4.75. The van der Waals surface area contributed by atoms with Gasteiger partial charge in [0.15, 0.2) is 0 Å². The number of aromatic nitrogens is 1. The van der Waals surface area contributed by atoms with Gasteiger partial charge in [-0.05, 0) is 52.8 Å². The Balaban J connectivity index is 2.15. The molecular formula is C15H14INS. The third kappa shape index (κ3) is 2.10. The molecule has 0 aliphatic carbocycles. The van der Waals surface area contributed by atoms with E-state index in [2.05, 4.69) is 82.9 Å². The van der Waals surface area contributed by atoms with Crippen LogP contribution in [0.2, 0.25) is 0 Å². The largest absolute Gasteiger partial charge is 0.316 e. The van der Waals surface area contributed by atoms with Crippen molar-refractivity contribution < 1.29 is 0 Å². The summed E-state index contributed by atoms with van der Waals surface area (Å²) in [6, 6.07) is 11.1. The summed E-state index contributed by atoms with van der Waals surface area (Å²) in [4.78, 5) is 1.44. The molecule has 0 saturated carbocycles. The molecule has 2 aromatic heterocycles. The minimum Gasteiger partial charge on any atom is -0.316 e. The van der Waals surface area contributed by atoms with E-state index in [1.165, 1.54) is 25.0 Å². The molecule has 1 nitrogen and oxygen atoms in total. The summed E-state index contributed by atoms with van der Waals surface area (Å²) in [6.07, 6.45) is 2.16. The lowest BCUT2D eigenvalue weighted by atomic mass is 10.2. The van der Waals surface area contributed by atoms with E-state index in [9.17, 15) is 0 Å². The minimum atomic E-state index is 0.603. The van der Waals surface area contributed by atoms with Crippen molar-refractivity contribution in [3.8, 4) is 5.69 Å². The molecule has 0 aliphatic heterocycles. The number of halogens is 1. The summed E-state index contributed by atoms with van der Waals surface area (Å²) < 4.78 is 3.55. The summed E-state index contributed by atoms with van der Waals surface area (Å²) in [5.74, 6) is 0.603. The Morgan fingerprint density at radius 1 is 1.17 bits per heavy atom. The van der Waals surface area contributed by atoms with Gasteiger partial charge in [0.1, 0.15) is 0 Å². The van der Waals surface area contributed by atoms with E-state index in [-0.39, 0.29) is 0 Å². The molecule has 0 radical (unpaired) electrons. The zero-order valence-electron chi connectivity index (χ0n) is 10.4. The van der Waals surface area contributed by atoms with Gasteiger partial charge in [-0.2, -0.15) is 0 Å². The molecular weight excluding hydrogens is 353 g/mol. The summed E-state index contributed by atoms with van der Waals surface area (Å²) >= 11 is 4.21. The summed E-state index contributed by atoms with van der Waals surface area (Å²) in [7, 11) is 0. The molecule has 3 aromatic rings. The predicted octanol–water partition coefficient (Wildman–Crippen LogP) is 5.42. The van der Waals surface area contributed by atoms with E-state index in [0.29, 0.717) is 5.92 Å². The Morgan fingerprint density at radius 2 is 2.00 bits per heavy atom. The van der Waals surface area contributed by atoms with Crippen molar-refractivity contribution in [2.75, 3.05) is 0 Å². The molecule has 0 N–H and O–H groups in total. The molecule has 1 aromatic carbocycles. The van der Waals surface area contributed by atoms with Crippen LogP contribution in [0.4, 0.5) is 0 Å². The first-order valence-corrected chi connectivity index (χ1v) is 7.96. The lowest BCUT2D eigenvalue weighted by molar-refractivity contribution is 0.888. The van der Waals surface area contributed by atoms with E-state index < -0.39 is 0 Å². The average Bonchev–Trinajstić information content (AvgIpc) is 2.93. The smallest absolute Gasteiger partial charge is 0.0565 e. The summed E-state index contributed by atoms with van der Waals surface area (Å²) in [6.45, 7) is 4.48. The van der Waals surface area contributed by atoms with Gasteiger partial charge in [0.25, 0.3) is 0 Å². The standard InChI is InChI=1S/C15H14INS/c1-10(2)15-8-13(9-18-15)17-6-5-11-3-4-12(16)7-14(11)17/h3-10H,1-2H3. The molecule has 18 heavy (non-hydrogen) atoms. The maximum absolute atomic E-state index is 2.37. The van der Waals surface area contributed by atoms with Crippen molar-refractivity contribution in [2.24, 2.45) is 0 Å². The molecule has 3 rings (SSSR count). The highest BCUT2D eigenvalue weighted by atomic mass is 127. The molecule has 0 aliphatic rings. The number of hydrogen-bond acceptors (Lipinski definition) is 1. The van der Waals surface area contributed by atoms with Crippen molar-refractivity contribution in [1.82, 2.24) is 4.57 Å². The maximum atomic E-state index is 2.37. The summed E-state index contributed by atoms with van der Waals surface area (Å²) in [5.41, 5.74) is 2.57. The molecule has 0 spiro atoms. The monoisotopic (exact) mass is 367 g/mol. The number of fused-ring (bicyclic) bond motifs is 1. The number of rotatable bonds is 2. The molecule has 0 saturated heterocycles. The van der Waals surface area contributed by atoms with E-state index in [1.54, 1.807) is 0 Å². The molecule has 92 valence electrons. The molecule has 0 fully saturated rings. The third-order valence-corrected chi connectivity index (χ3v) is 5.00. The van der Waals surface area contributed by atoms with E-state index >= 15 is 0 Å². The molecule has 3 heteroatoms. The highest BCUT2D eigenvalue weighted by Gasteiger charge is 2.08. The topological polar surface area (TPSA) is 4.93 Å². The van der Waals surface area contributed by atoms with Gasteiger partial charge in [0.2, 0.25) is 0 Å². The number of hydrogen-bond donors (Lipinski definition) is 0. The van der Waals surface area contributed by atoms with Crippen molar-refractivity contribution >= 4 is 44.8 Å². The van der Waals surface area contributed by atoms with Crippen molar-refractivity contribution in [2.45, 2.75) is 19.8 Å². The van der Waals surface area contributed by atoms with E-state index in [0.717, 1.165) is 0 Å². The second-order valence-corrected chi connectivity index (χ2v) is 6.94.